The van der Waals surface area contributed by atoms with Gasteiger partial charge < -0.3 is 14.7 Å². The lowest BCUT2D eigenvalue weighted by Crippen LogP contribution is -2.37. The molecule has 1 aromatic carbocycles. The molecule has 0 aliphatic rings. The Morgan fingerprint density at radius 3 is 2.70 bits per heavy atom. The predicted octanol–water partition coefficient (Wildman–Crippen LogP) is 2.06. The Kier molecular flexibility index (Phi) is 6.25. The number of aliphatic carboxylic acids is 1. The number of amides is 1. The second-order valence-electron chi connectivity index (χ2n) is 4.92. The molecular formula is C16H18N2O4S. The Balaban J connectivity index is 2.06. The molecular weight excluding hydrogens is 316 g/mol. The van der Waals surface area contributed by atoms with Gasteiger partial charge in [-0.1, -0.05) is 30.3 Å². The maximum atomic E-state index is 12.5. The van der Waals surface area contributed by atoms with E-state index in [1.165, 1.54) is 16.2 Å². The van der Waals surface area contributed by atoms with Gasteiger partial charge in [-0.15, -0.1) is 11.3 Å². The summed E-state index contributed by atoms with van der Waals surface area (Å²) in [4.78, 5) is 29.0. The fourth-order valence-corrected chi connectivity index (χ4v) is 2.82. The lowest BCUT2D eigenvalue weighted by Gasteiger charge is -2.19. The van der Waals surface area contributed by atoms with E-state index in [1.807, 2.05) is 30.3 Å². The smallest absolute Gasteiger partial charge is 0.323 e. The zero-order chi connectivity index (χ0) is 16.7. The number of carbonyl (C=O) groups is 2. The lowest BCUT2D eigenvalue weighted by atomic mass is 10.1. The maximum Gasteiger partial charge on any atom is 0.323 e. The van der Waals surface area contributed by atoms with Crippen LogP contribution in [0.25, 0.3) is 0 Å². The molecule has 2 rings (SSSR count). The van der Waals surface area contributed by atoms with E-state index in [-0.39, 0.29) is 18.1 Å². The fourth-order valence-electron chi connectivity index (χ4n) is 2.09. The third kappa shape index (κ3) is 5.15. The van der Waals surface area contributed by atoms with Crippen molar-refractivity contribution < 1.29 is 19.4 Å². The van der Waals surface area contributed by atoms with Crippen molar-refractivity contribution in [2.24, 2.45) is 0 Å². The van der Waals surface area contributed by atoms with Crippen molar-refractivity contribution in [3.63, 3.8) is 0 Å². The highest BCUT2D eigenvalue weighted by Crippen LogP contribution is 2.13. The summed E-state index contributed by atoms with van der Waals surface area (Å²) in [5, 5.41) is 11.4. The summed E-state index contributed by atoms with van der Waals surface area (Å²) >= 11 is 1.32. The minimum Gasteiger partial charge on any atom is -0.480 e. The first-order valence-corrected chi connectivity index (χ1v) is 7.96. The molecule has 0 fully saturated rings. The molecule has 7 heteroatoms. The number of hydrogen-bond donors (Lipinski definition) is 1. The average molecular weight is 334 g/mol. The first-order chi connectivity index (χ1) is 11.1. The molecule has 1 heterocycles. The minimum atomic E-state index is -1.04. The van der Waals surface area contributed by atoms with Crippen LogP contribution in [0.2, 0.25) is 0 Å². The van der Waals surface area contributed by atoms with E-state index >= 15 is 0 Å². The number of carboxylic acid groups (broad SMARTS) is 1. The number of rotatable bonds is 8. The molecule has 6 nitrogen and oxygen atoms in total. The monoisotopic (exact) mass is 334 g/mol. The fraction of sp³-hybridized carbons (Fsp3) is 0.312. The largest absolute Gasteiger partial charge is 0.480 e. The van der Waals surface area contributed by atoms with Crippen LogP contribution in [0.3, 0.4) is 0 Å². The molecule has 0 aliphatic carbocycles. The Morgan fingerprint density at radius 2 is 2.04 bits per heavy atom. The van der Waals surface area contributed by atoms with Crippen molar-refractivity contribution in [1.82, 2.24) is 9.88 Å². The van der Waals surface area contributed by atoms with Gasteiger partial charge in [0.15, 0.2) is 0 Å². The molecule has 0 aliphatic heterocycles. The molecule has 2 aromatic rings. The van der Waals surface area contributed by atoms with Crippen molar-refractivity contribution in [3.8, 4) is 0 Å². The Morgan fingerprint density at radius 1 is 1.30 bits per heavy atom. The van der Waals surface area contributed by atoms with E-state index < -0.39 is 5.97 Å². The first-order valence-electron chi connectivity index (χ1n) is 7.08. The van der Waals surface area contributed by atoms with Gasteiger partial charge in [-0.25, -0.2) is 4.98 Å². The molecule has 0 unspecified atom stereocenters. The number of nitrogens with zero attached hydrogens (tertiary/aromatic N) is 2. The van der Waals surface area contributed by atoms with Crippen LogP contribution in [-0.2, 0) is 22.6 Å². The van der Waals surface area contributed by atoms with Gasteiger partial charge in [0.25, 0.3) is 5.91 Å². The third-order valence-electron chi connectivity index (χ3n) is 3.17. The first kappa shape index (κ1) is 17.1. The van der Waals surface area contributed by atoms with E-state index in [0.717, 1.165) is 5.56 Å². The number of ether oxygens (including phenoxy) is 1. The van der Waals surface area contributed by atoms with Crippen LogP contribution >= 0.6 is 11.3 Å². The Labute approximate surface area is 138 Å². The Hall–Kier alpha value is -2.25. The van der Waals surface area contributed by atoms with Gasteiger partial charge in [0, 0.05) is 19.0 Å². The molecule has 1 amide bonds. The summed E-state index contributed by atoms with van der Waals surface area (Å²) in [6.45, 7) is 0.315. The van der Waals surface area contributed by atoms with Gasteiger partial charge in [0.05, 0.1) is 6.61 Å². The molecule has 0 radical (unpaired) electrons. The van der Waals surface area contributed by atoms with Gasteiger partial charge >= 0.3 is 5.97 Å². The summed E-state index contributed by atoms with van der Waals surface area (Å²) < 4.78 is 4.98. The quantitative estimate of drug-likeness (QED) is 0.799. The maximum absolute atomic E-state index is 12.5. The van der Waals surface area contributed by atoms with Crippen molar-refractivity contribution in [1.29, 1.82) is 0 Å². The predicted molar refractivity (Wildman–Crippen MR) is 86.5 cm³/mol. The molecule has 1 N–H and O–H groups in total. The van der Waals surface area contributed by atoms with Gasteiger partial charge in [-0.3, -0.25) is 9.59 Å². The highest BCUT2D eigenvalue weighted by Gasteiger charge is 2.21. The topological polar surface area (TPSA) is 79.7 Å². The number of carboxylic acids is 1. The number of hydrogen-bond acceptors (Lipinski definition) is 5. The molecule has 23 heavy (non-hydrogen) atoms. The molecule has 0 spiro atoms. The number of carbonyl (C=O) groups excluding carboxylic acids is 1. The van der Waals surface area contributed by atoms with Crippen LogP contribution in [0.1, 0.15) is 21.1 Å². The SMILES string of the molecule is COCc1nc(C(=O)N(CCc2ccccc2)CC(=O)O)cs1. The van der Waals surface area contributed by atoms with Crippen molar-refractivity contribution in [2.45, 2.75) is 13.0 Å². The summed E-state index contributed by atoms with van der Waals surface area (Å²) in [6.07, 6.45) is 0.592. The van der Waals surface area contributed by atoms with Gasteiger partial charge in [-0.2, -0.15) is 0 Å². The summed E-state index contributed by atoms with van der Waals surface area (Å²) in [5.41, 5.74) is 1.31. The van der Waals surface area contributed by atoms with Gasteiger partial charge in [0.2, 0.25) is 0 Å². The Bertz CT molecular complexity index is 657. The number of thiazole rings is 1. The van der Waals surface area contributed by atoms with Gasteiger partial charge in [0.1, 0.15) is 17.2 Å². The van der Waals surface area contributed by atoms with Crippen LogP contribution in [0.15, 0.2) is 35.7 Å². The standard InChI is InChI=1S/C16H18N2O4S/c1-22-10-14-17-13(11-23-14)16(21)18(9-15(19)20)8-7-12-5-3-2-4-6-12/h2-6,11H,7-10H2,1H3,(H,19,20). The average Bonchev–Trinajstić information content (AvgIpc) is 3.00. The third-order valence-corrected chi connectivity index (χ3v) is 3.99. The van der Waals surface area contributed by atoms with Crippen molar-refractivity contribution >= 4 is 23.2 Å². The van der Waals surface area contributed by atoms with Crippen molar-refractivity contribution in [2.75, 3.05) is 20.2 Å². The van der Waals surface area contributed by atoms with E-state index in [0.29, 0.717) is 24.6 Å². The van der Waals surface area contributed by atoms with E-state index in [4.69, 9.17) is 9.84 Å². The zero-order valence-electron chi connectivity index (χ0n) is 12.8. The van der Waals surface area contributed by atoms with Crippen LogP contribution in [0.4, 0.5) is 0 Å². The highest BCUT2D eigenvalue weighted by atomic mass is 32.1. The normalized spacial score (nSPS) is 10.5. The van der Waals surface area contributed by atoms with Crippen LogP contribution in [0.5, 0.6) is 0 Å². The van der Waals surface area contributed by atoms with E-state index in [2.05, 4.69) is 4.98 Å². The summed E-state index contributed by atoms with van der Waals surface area (Å²) in [6, 6.07) is 9.63. The van der Waals surface area contributed by atoms with E-state index in [9.17, 15) is 9.59 Å². The van der Waals surface area contributed by atoms with Gasteiger partial charge in [-0.05, 0) is 12.0 Å². The minimum absolute atomic E-state index is 0.261. The molecule has 0 saturated heterocycles. The molecule has 0 atom stereocenters. The number of methoxy groups -OCH3 is 1. The van der Waals surface area contributed by atoms with Crippen LogP contribution in [-0.4, -0.2) is 47.1 Å². The van der Waals surface area contributed by atoms with E-state index in [1.54, 1.807) is 12.5 Å². The molecule has 122 valence electrons. The summed E-state index contributed by atoms with van der Waals surface area (Å²) in [7, 11) is 1.56. The molecule has 1 aromatic heterocycles. The van der Waals surface area contributed by atoms with Crippen LogP contribution in [0, 0.1) is 0 Å². The lowest BCUT2D eigenvalue weighted by molar-refractivity contribution is -0.137. The highest BCUT2D eigenvalue weighted by molar-refractivity contribution is 7.09. The second-order valence-corrected chi connectivity index (χ2v) is 5.86. The molecule has 0 saturated carbocycles. The van der Waals surface area contributed by atoms with Crippen LogP contribution < -0.4 is 0 Å². The number of aromatic nitrogens is 1. The molecule has 0 bridgehead atoms. The number of benzene rings is 1. The second kappa shape index (κ2) is 8.40. The van der Waals surface area contributed by atoms with Crippen molar-refractivity contribution in [3.05, 3.63) is 52.0 Å². The summed E-state index contributed by atoms with van der Waals surface area (Å²) in [5.74, 6) is -1.42. The zero-order valence-corrected chi connectivity index (χ0v) is 13.6.